The van der Waals surface area contributed by atoms with Crippen molar-refractivity contribution in [3.63, 3.8) is 0 Å². The zero-order chi connectivity index (χ0) is 8.97. The van der Waals surface area contributed by atoms with Gasteiger partial charge in [-0.25, -0.2) is 10.8 Å². The molecule has 0 unspecified atom stereocenters. The van der Waals surface area contributed by atoms with Gasteiger partial charge < -0.3 is 4.74 Å². The van der Waals surface area contributed by atoms with E-state index in [2.05, 4.69) is 4.98 Å². The number of halogens is 1. The number of carbonyl (C=O) groups excluding carboxylic acids is 1. The summed E-state index contributed by atoms with van der Waals surface area (Å²) < 4.78 is 4.82. The van der Waals surface area contributed by atoms with Gasteiger partial charge in [-0.2, -0.15) is 0 Å². The molecule has 1 rings (SSSR count). The van der Waals surface area contributed by atoms with Gasteiger partial charge in [0.25, 0.3) is 5.91 Å². The predicted octanol–water partition coefficient (Wildman–Crippen LogP) is 0.115. The first kappa shape index (κ1) is 11.7. The van der Waals surface area contributed by atoms with Gasteiger partial charge in [0.1, 0.15) is 0 Å². The lowest BCUT2D eigenvalue weighted by atomic mass is 10.2. The number of aromatic nitrogens is 1. The van der Waals surface area contributed by atoms with Crippen LogP contribution in [0.5, 0.6) is 5.88 Å². The molecule has 0 saturated carbocycles. The number of hydrogen-bond donors (Lipinski definition) is 2. The molecule has 13 heavy (non-hydrogen) atoms. The Labute approximate surface area is 81.7 Å². The zero-order valence-electron chi connectivity index (χ0n) is 6.98. The topological polar surface area (TPSA) is 77.2 Å². The second-order valence-corrected chi connectivity index (χ2v) is 2.06. The Morgan fingerprint density at radius 2 is 2.38 bits per heavy atom. The molecule has 1 aromatic heterocycles. The van der Waals surface area contributed by atoms with Gasteiger partial charge in [-0.3, -0.25) is 10.2 Å². The van der Waals surface area contributed by atoms with Gasteiger partial charge in [0.05, 0.1) is 7.11 Å². The lowest BCUT2D eigenvalue weighted by molar-refractivity contribution is 0.0953. The Kier molecular flexibility index (Phi) is 4.79. The quantitative estimate of drug-likeness (QED) is 0.407. The number of nitrogen functional groups attached to an aromatic ring is 1. The molecule has 0 saturated heterocycles. The Hall–Kier alpha value is -1.33. The maximum Gasteiger partial charge on any atom is 0.265 e. The molecule has 0 aliphatic rings. The number of amides is 1. The number of pyridine rings is 1. The maximum absolute atomic E-state index is 11.0. The minimum atomic E-state index is -0.365. The molecule has 1 aromatic rings. The highest BCUT2D eigenvalue weighted by Gasteiger charge is 2.03. The Bertz CT molecular complexity index is 293. The number of methoxy groups -OCH3 is 1. The third kappa shape index (κ3) is 2.89. The SMILES string of the molecule is COc1cc(C(=O)NN)ccn1.Cl. The van der Waals surface area contributed by atoms with Crippen molar-refractivity contribution in [3.8, 4) is 5.88 Å². The normalized spacial score (nSPS) is 8.46. The molecule has 1 heterocycles. The van der Waals surface area contributed by atoms with Crippen LogP contribution < -0.4 is 16.0 Å². The van der Waals surface area contributed by atoms with E-state index in [0.29, 0.717) is 11.4 Å². The largest absolute Gasteiger partial charge is 0.481 e. The fourth-order valence-corrected chi connectivity index (χ4v) is 0.746. The Morgan fingerprint density at radius 1 is 1.69 bits per heavy atom. The van der Waals surface area contributed by atoms with E-state index in [-0.39, 0.29) is 18.3 Å². The van der Waals surface area contributed by atoms with E-state index in [4.69, 9.17) is 10.6 Å². The molecule has 5 nitrogen and oxygen atoms in total. The van der Waals surface area contributed by atoms with Crippen LogP contribution in [0.3, 0.4) is 0 Å². The summed E-state index contributed by atoms with van der Waals surface area (Å²) in [4.78, 5) is 14.8. The fourth-order valence-electron chi connectivity index (χ4n) is 0.746. The number of nitrogens with one attached hydrogen (secondary N) is 1. The average molecular weight is 204 g/mol. The molecule has 1 amide bonds. The van der Waals surface area contributed by atoms with Crippen molar-refractivity contribution in [2.45, 2.75) is 0 Å². The summed E-state index contributed by atoms with van der Waals surface area (Å²) in [7, 11) is 1.48. The van der Waals surface area contributed by atoms with Crippen molar-refractivity contribution >= 4 is 18.3 Å². The van der Waals surface area contributed by atoms with Gasteiger partial charge in [0.2, 0.25) is 5.88 Å². The van der Waals surface area contributed by atoms with E-state index < -0.39 is 0 Å². The van der Waals surface area contributed by atoms with E-state index in [9.17, 15) is 4.79 Å². The molecule has 72 valence electrons. The molecular weight excluding hydrogens is 194 g/mol. The van der Waals surface area contributed by atoms with Crippen molar-refractivity contribution in [1.82, 2.24) is 10.4 Å². The fraction of sp³-hybridized carbons (Fsp3) is 0.143. The van der Waals surface area contributed by atoms with E-state index in [0.717, 1.165) is 0 Å². The highest BCUT2D eigenvalue weighted by Crippen LogP contribution is 2.07. The van der Waals surface area contributed by atoms with Crippen molar-refractivity contribution in [3.05, 3.63) is 23.9 Å². The van der Waals surface area contributed by atoms with Gasteiger partial charge in [-0.1, -0.05) is 0 Å². The highest BCUT2D eigenvalue weighted by molar-refractivity contribution is 5.93. The van der Waals surface area contributed by atoms with Crippen LogP contribution in [0.1, 0.15) is 10.4 Å². The van der Waals surface area contributed by atoms with E-state index in [1.165, 1.54) is 19.4 Å². The van der Waals surface area contributed by atoms with Crippen molar-refractivity contribution < 1.29 is 9.53 Å². The van der Waals surface area contributed by atoms with Crippen LogP contribution in [0.2, 0.25) is 0 Å². The van der Waals surface area contributed by atoms with Crippen molar-refractivity contribution in [2.24, 2.45) is 5.84 Å². The number of nitrogens with zero attached hydrogens (tertiary/aromatic N) is 1. The smallest absolute Gasteiger partial charge is 0.265 e. The molecular formula is C7H10ClN3O2. The monoisotopic (exact) mass is 203 g/mol. The first-order chi connectivity index (χ1) is 5.77. The van der Waals surface area contributed by atoms with Crippen molar-refractivity contribution in [2.75, 3.05) is 7.11 Å². The Balaban J connectivity index is 0.00000144. The third-order valence-electron chi connectivity index (χ3n) is 1.34. The van der Waals surface area contributed by atoms with Gasteiger partial charge in [-0.15, -0.1) is 12.4 Å². The molecule has 0 bridgehead atoms. The van der Waals surface area contributed by atoms with E-state index in [1.807, 2.05) is 5.43 Å². The summed E-state index contributed by atoms with van der Waals surface area (Å²) >= 11 is 0. The second-order valence-electron chi connectivity index (χ2n) is 2.06. The first-order valence-electron chi connectivity index (χ1n) is 3.29. The predicted molar refractivity (Wildman–Crippen MR) is 49.7 cm³/mol. The van der Waals surface area contributed by atoms with Gasteiger partial charge in [0, 0.05) is 17.8 Å². The number of ether oxygens (including phenoxy) is 1. The zero-order valence-corrected chi connectivity index (χ0v) is 7.80. The average Bonchev–Trinajstić information content (AvgIpc) is 2.17. The van der Waals surface area contributed by atoms with Gasteiger partial charge in [0.15, 0.2) is 0 Å². The number of hydrazine groups is 1. The van der Waals surface area contributed by atoms with Crippen LogP contribution in [0.4, 0.5) is 0 Å². The minimum absolute atomic E-state index is 0. The first-order valence-corrected chi connectivity index (χ1v) is 3.29. The summed E-state index contributed by atoms with van der Waals surface area (Å²) in [6.07, 6.45) is 1.48. The summed E-state index contributed by atoms with van der Waals surface area (Å²) in [6, 6.07) is 3.05. The van der Waals surface area contributed by atoms with Crippen LogP contribution in [0, 0.1) is 0 Å². The van der Waals surface area contributed by atoms with Crippen LogP contribution >= 0.6 is 12.4 Å². The van der Waals surface area contributed by atoms with Crippen LogP contribution in [0.25, 0.3) is 0 Å². The van der Waals surface area contributed by atoms with Gasteiger partial charge >= 0.3 is 0 Å². The maximum atomic E-state index is 11.0. The van der Waals surface area contributed by atoms with Crippen LogP contribution in [-0.4, -0.2) is 18.0 Å². The molecule has 3 N–H and O–H groups in total. The Morgan fingerprint density at radius 3 is 2.92 bits per heavy atom. The minimum Gasteiger partial charge on any atom is -0.481 e. The van der Waals surface area contributed by atoms with Gasteiger partial charge in [-0.05, 0) is 6.07 Å². The molecule has 0 aromatic carbocycles. The number of nitrogens with two attached hydrogens (primary N) is 1. The van der Waals surface area contributed by atoms with E-state index in [1.54, 1.807) is 6.07 Å². The van der Waals surface area contributed by atoms with Crippen LogP contribution in [0.15, 0.2) is 18.3 Å². The second kappa shape index (κ2) is 5.34. The lowest BCUT2D eigenvalue weighted by Crippen LogP contribution is -2.29. The third-order valence-corrected chi connectivity index (χ3v) is 1.34. The van der Waals surface area contributed by atoms with E-state index >= 15 is 0 Å². The molecule has 0 radical (unpaired) electrons. The summed E-state index contributed by atoms with van der Waals surface area (Å²) in [5.74, 6) is 4.96. The highest BCUT2D eigenvalue weighted by atomic mass is 35.5. The molecule has 0 spiro atoms. The summed E-state index contributed by atoms with van der Waals surface area (Å²) in [5.41, 5.74) is 2.43. The summed E-state index contributed by atoms with van der Waals surface area (Å²) in [6.45, 7) is 0. The lowest BCUT2D eigenvalue weighted by Gasteiger charge is -2.00. The van der Waals surface area contributed by atoms with Crippen LogP contribution in [-0.2, 0) is 0 Å². The number of carbonyl (C=O) groups is 1. The number of hydrogen-bond acceptors (Lipinski definition) is 4. The summed E-state index contributed by atoms with van der Waals surface area (Å²) in [5, 5.41) is 0. The molecule has 0 atom stereocenters. The molecule has 0 aliphatic heterocycles. The molecule has 0 aliphatic carbocycles. The van der Waals surface area contributed by atoms with Crippen molar-refractivity contribution in [1.29, 1.82) is 0 Å². The standard InChI is InChI=1S/C7H9N3O2.ClH/c1-12-6-4-5(2-3-9-6)7(11)10-8;/h2-4H,8H2,1H3,(H,10,11);1H. The molecule has 6 heteroatoms. The molecule has 0 fully saturated rings. The number of rotatable bonds is 2.